The normalized spacial score (nSPS) is 13.4. The molecule has 6 nitrogen and oxygen atoms in total. The number of hydrogen-bond donors (Lipinski definition) is 2. The van der Waals surface area contributed by atoms with Crippen LogP contribution >= 0.6 is 22.7 Å². The zero-order valence-corrected chi connectivity index (χ0v) is 16.2. The van der Waals surface area contributed by atoms with Gasteiger partial charge in [-0.2, -0.15) is 0 Å². The van der Waals surface area contributed by atoms with Gasteiger partial charge in [-0.15, -0.1) is 22.7 Å². The molecule has 1 aliphatic carbocycles. The lowest BCUT2D eigenvalue weighted by Gasteiger charge is -2.16. The second kappa shape index (κ2) is 8.46. The minimum Gasteiger partial charge on any atom is -0.332 e. The van der Waals surface area contributed by atoms with Crippen molar-refractivity contribution < 1.29 is 14.4 Å². The predicted molar refractivity (Wildman–Crippen MR) is 102 cm³/mol. The van der Waals surface area contributed by atoms with Gasteiger partial charge in [0.05, 0.1) is 9.75 Å². The molecule has 2 heterocycles. The SMILES string of the molecule is CN(CC(=O)NNC(=O)c1cc2c(s1)CCCCC2)C(=O)c1cccs1. The minimum absolute atomic E-state index is 0.127. The van der Waals surface area contributed by atoms with Crippen LogP contribution in [0.1, 0.15) is 49.0 Å². The minimum atomic E-state index is -0.441. The zero-order chi connectivity index (χ0) is 18.5. The number of hydrogen-bond acceptors (Lipinski definition) is 5. The highest BCUT2D eigenvalue weighted by Crippen LogP contribution is 2.28. The Balaban J connectivity index is 1.49. The van der Waals surface area contributed by atoms with Gasteiger partial charge in [-0.3, -0.25) is 25.2 Å². The summed E-state index contributed by atoms with van der Waals surface area (Å²) in [6.07, 6.45) is 5.59. The molecule has 3 amide bonds. The number of carbonyl (C=O) groups is 3. The second-order valence-electron chi connectivity index (χ2n) is 6.26. The van der Waals surface area contributed by atoms with E-state index < -0.39 is 5.91 Å². The molecule has 2 N–H and O–H groups in total. The zero-order valence-electron chi connectivity index (χ0n) is 14.5. The second-order valence-corrected chi connectivity index (χ2v) is 8.34. The molecular formula is C18H21N3O3S2. The van der Waals surface area contributed by atoms with Gasteiger partial charge in [0.1, 0.15) is 6.54 Å². The summed E-state index contributed by atoms with van der Waals surface area (Å²) >= 11 is 2.82. The number of fused-ring (bicyclic) bond motifs is 1. The van der Waals surface area contributed by atoms with Crippen LogP contribution in [0.3, 0.4) is 0 Å². The summed E-state index contributed by atoms with van der Waals surface area (Å²) in [6, 6.07) is 5.43. The van der Waals surface area contributed by atoms with Crippen molar-refractivity contribution in [3.63, 3.8) is 0 Å². The Morgan fingerprint density at radius 1 is 1.12 bits per heavy atom. The highest BCUT2D eigenvalue weighted by atomic mass is 32.1. The molecule has 3 rings (SSSR count). The highest BCUT2D eigenvalue weighted by Gasteiger charge is 2.18. The summed E-state index contributed by atoms with van der Waals surface area (Å²) in [5.41, 5.74) is 6.08. The maximum Gasteiger partial charge on any atom is 0.279 e. The average molecular weight is 392 g/mol. The van der Waals surface area contributed by atoms with Gasteiger partial charge in [0.25, 0.3) is 17.7 Å². The molecule has 0 aliphatic heterocycles. The summed E-state index contributed by atoms with van der Waals surface area (Å²) < 4.78 is 0. The number of nitrogens with one attached hydrogen (secondary N) is 2. The van der Waals surface area contributed by atoms with Crippen LogP contribution in [0.5, 0.6) is 0 Å². The Bertz CT molecular complexity index is 775. The molecule has 0 fully saturated rings. The van der Waals surface area contributed by atoms with E-state index in [4.69, 9.17) is 0 Å². The van der Waals surface area contributed by atoms with Gasteiger partial charge in [-0.1, -0.05) is 12.5 Å². The molecule has 2 aromatic heterocycles. The Labute approximate surface area is 160 Å². The summed E-state index contributed by atoms with van der Waals surface area (Å²) in [5.74, 6) is -0.976. The van der Waals surface area contributed by atoms with Crippen molar-refractivity contribution in [1.29, 1.82) is 0 Å². The van der Waals surface area contributed by atoms with Crippen LogP contribution in [-0.2, 0) is 17.6 Å². The number of thiophene rings is 2. The standard InChI is InChI=1S/C18H21N3O3S2/c1-21(18(24)14-8-5-9-25-14)11-16(22)19-20-17(23)15-10-12-6-3-2-4-7-13(12)26-15/h5,8-10H,2-4,6-7,11H2,1H3,(H,19,22)(H,20,23). The van der Waals surface area contributed by atoms with Gasteiger partial charge in [0.2, 0.25) is 0 Å². The van der Waals surface area contributed by atoms with Crippen LogP contribution in [0.15, 0.2) is 23.6 Å². The van der Waals surface area contributed by atoms with Gasteiger partial charge >= 0.3 is 0 Å². The van der Waals surface area contributed by atoms with Gasteiger partial charge in [0, 0.05) is 11.9 Å². The van der Waals surface area contributed by atoms with Crippen LogP contribution in [0.2, 0.25) is 0 Å². The van der Waals surface area contributed by atoms with E-state index in [1.54, 1.807) is 19.2 Å². The molecule has 1 aliphatic rings. The molecule has 0 spiro atoms. The third kappa shape index (κ3) is 4.50. The molecule has 0 bridgehead atoms. The number of amides is 3. The Hall–Kier alpha value is -2.19. The molecule has 0 atom stereocenters. The average Bonchev–Trinajstić information content (AvgIpc) is 3.25. The summed E-state index contributed by atoms with van der Waals surface area (Å²) in [4.78, 5) is 40.2. The van der Waals surface area contributed by atoms with E-state index in [9.17, 15) is 14.4 Å². The molecular weight excluding hydrogens is 370 g/mol. The van der Waals surface area contributed by atoms with Crippen molar-refractivity contribution in [2.75, 3.05) is 13.6 Å². The molecule has 0 saturated heterocycles. The fraction of sp³-hybridized carbons (Fsp3) is 0.389. The molecule has 2 aromatic rings. The van der Waals surface area contributed by atoms with Crippen molar-refractivity contribution in [2.45, 2.75) is 32.1 Å². The van der Waals surface area contributed by atoms with Crippen molar-refractivity contribution in [1.82, 2.24) is 15.8 Å². The van der Waals surface area contributed by atoms with Crippen LogP contribution in [0, 0.1) is 0 Å². The quantitative estimate of drug-likeness (QED) is 0.621. The topological polar surface area (TPSA) is 78.5 Å². The monoisotopic (exact) mass is 391 g/mol. The molecule has 0 unspecified atom stereocenters. The van der Waals surface area contributed by atoms with Crippen molar-refractivity contribution >= 4 is 40.4 Å². The molecule has 26 heavy (non-hydrogen) atoms. The number of aryl methyl sites for hydroxylation is 2. The summed E-state index contributed by atoms with van der Waals surface area (Å²) in [5, 5.41) is 1.81. The largest absolute Gasteiger partial charge is 0.332 e. The van der Waals surface area contributed by atoms with Gasteiger partial charge < -0.3 is 4.90 Å². The van der Waals surface area contributed by atoms with Crippen LogP contribution in [-0.4, -0.2) is 36.2 Å². The van der Waals surface area contributed by atoms with Gasteiger partial charge in [0.15, 0.2) is 0 Å². The van der Waals surface area contributed by atoms with Crippen molar-refractivity contribution in [3.05, 3.63) is 43.8 Å². The lowest BCUT2D eigenvalue weighted by molar-refractivity contribution is -0.122. The third-order valence-corrected chi connectivity index (χ3v) is 6.34. The van der Waals surface area contributed by atoms with E-state index in [0.29, 0.717) is 9.75 Å². The molecule has 138 valence electrons. The van der Waals surface area contributed by atoms with Crippen molar-refractivity contribution in [2.24, 2.45) is 0 Å². The Kier molecular flexibility index (Phi) is 6.05. The van der Waals surface area contributed by atoms with E-state index in [2.05, 4.69) is 10.9 Å². The van der Waals surface area contributed by atoms with Crippen LogP contribution < -0.4 is 10.9 Å². The summed E-state index contributed by atoms with van der Waals surface area (Å²) in [7, 11) is 1.56. The molecule has 0 saturated carbocycles. The van der Waals surface area contributed by atoms with Crippen LogP contribution in [0.25, 0.3) is 0 Å². The van der Waals surface area contributed by atoms with E-state index in [1.165, 1.54) is 44.4 Å². The van der Waals surface area contributed by atoms with Gasteiger partial charge in [-0.25, -0.2) is 0 Å². The lowest BCUT2D eigenvalue weighted by atomic mass is 10.1. The first-order valence-electron chi connectivity index (χ1n) is 8.54. The first-order chi connectivity index (χ1) is 12.5. The fourth-order valence-electron chi connectivity index (χ4n) is 2.88. The molecule has 8 heteroatoms. The predicted octanol–water partition coefficient (Wildman–Crippen LogP) is 2.61. The first-order valence-corrected chi connectivity index (χ1v) is 10.2. The first kappa shape index (κ1) is 18.6. The Morgan fingerprint density at radius 2 is 1.92 bits per heavy atom. The number of carbonyl (C=O) groups excluding carboxylic acids is 3. The van der Waals surface area contributed by atoms with Crippen LogP contribution in [0.4, 0.5) is 0 Å². The van der Waals surface area contributed by atoms with E-state index in [0.717, 1.165) is 25.7 Å². The number of likely N-dealkylation sites (N-methyl/N-ethyl adjacent to an activating group) is 1. The fourth-order valence-corrected chi connectivity index (χ4v) is 4.75. The smallest absolute Gasteiger partial charge is 0.279 e. The number of nitrogens with zero attached hydrogens (tertiary/aromatic N) is 1. The maximum atomic E-state index is 12.3. The third-order valence-electron chi connectivity index (χ3n) is 4.25. The summed E-state index contributed by atoms with van der Waals surface area (Å²) in [6.45, 7) is -0.127. The van der Waals surface area contributed by atoms with E-state index >= 15 is 0 Å². The van der Waals surface area contributed by atoms with Gasteiger partial charge in [-0.05, 0) is 48.8 Å². The van der Waals surface area contributed by atoms with Crippen molar-refractivity contribution in [3.8, 4) is 0 Å². The number of rotatable bonds is 4. The maximum absolute atomic E-state index is 12.3. The number of hydrazine groups is 1. The molecule has 0 aromatic carbocycles. The lowest BCUT2D eigenvalue weighted by Crippen LogP contribution is -2.46. The highest BCUT2D eigenvalue weighted by molar-refractivity contribution is 7.14. The van der Waals surface area contributed by atoms with E-state index in [-0.39, 0.29) is 18.4 Å². The Morgan fingerprint density at radius 3 is 2.69 bits per heavy atom. The van der Waals surface area contributed by atoms with E-state index in [1.807, 2.05) is 11.4 Å². The molecule has 0 radical (unpaired) electrons.